The maximum atomic E-state index is 9.96. The van der Waals surface area contributed by atoms with Crippen LogP contribution in [0, 0.1) is 11.3 Å². The van der Waals surface area contributed by atoms with Crippen molar-refractivity contribution < 1.29 is 5.11 Å². The molecule has 0 saturated carbocycles. The second kappa shape index (κ2) is 8.14. The Morgan fingerprint density at radius 2 is 2.18 bits per heavy atom. The minimum atomic E-state index is -0.440. The molecule has 0 aliphatic carbocycles. The number of nitrogens with one attached hydrogen (secondary N) is 2. The number of benzene rings is 1. The van der Waals surface area contributed by atoms with E-state index in [0.717, 1.165) is 47.8 Å². The van der Waals surface area contributed by atoms with Crippen LogP contribution in [0.2, 0.25) is 0 Å². The molecular formula is C24H28N8O. The minimum Gasteiger partial charge on any atom is -0.395 e. The lowest BCUT2D eigenvalue weighted by Crippen LogP contribution is -2.38. The van der Waals surface area contributed by atoms with Gasteiger partial charge in [0.15, 0.2) is 0 Å². The quantitative estimate of drug-likeness (QED) is 0.550. The summed E-state index contributed by atoms with van der Waals surface area (Å²) in [6, 6.07) is 8.43. The topological polar surface area (TPSA) is 115 Å². The van der Waals surface area contributed by atoms with E-state index >= 15 is 0 Å². The summed E-state index contributed by atoms with van der Waals surface area (Å²) in [7, 11) is 0. The molecule has 3 aromatic rings. The van der Waals surface area contributed by atoms with Crippen LogP contribution in [0.25, 0.3) is 11.3 Å². The van der Waals surface area contributed by atoms with E-state index in [1.54, 1.807) is 6.20 Å². The summed E-state index contributed by atoms with van der Waals surface area (Å²) in [5.74, 6) is 0.479. The fourth-order valence-electron chi connectivity index (χ4n) is 4.57. The van der Waals surface area contributed by atoms with Crippen molar-refractivity contribution in [2.75, 3.05) is 30.3 Å². The first-order valence-electron chi connectivity index (χ1n) is 11.2. The maximum Gasteiger partial charge on any atom is 0.227 e. The third-order valence-electron chi connectivity index (χ3n) is 6.74. The molecule has 3 N–H and O–H groups in total. The number of aromatic nitrogens is 4. The molecule has 0 bridgehead atoms. The molecule has 1 aromatic carbocycles. The smallest absolute Gasteiger partial charge is 0.227 e. The van der Waals surface area contributed by atoms with E-state index < -0.39 is 5.41 Å². The van der Waals surface area contributed by atoms with Gasteiger partial charge in [-0.25, -0.2) is 9.97 Å². The third-order valence-corrected chi connectivity index (χ3v) is 6.74. The molecular weight excluding hydrogens is 416 g/mol. The van der Waals surface area contributed by atoms with E-state index in [1.165, 1.54) is 0 Å². The molecule has 33 heavy (non-hydrogen) atoms. The normalized spacial score (nSPS) is 19.6. The number of hydrogen-bond acceptors (Lipinski definition) is 8. The third kappa shape index (κ3) is 3.71. The van der Waals surface area contributed by atoms with Crippen LogP contribution in [0.3, 0.4) is 0 Å². The van der Waals surface area contributed by atoms with Gasteiger partial charge in [0.25, 0.3) is 0 Å². The van der Waals surface area contributed by atoms with Gasteiger partial charge < -0.3 is 15.7 Å². The molecule has 2 aliphatic rings. The van der Waals surface area contributed by atoms with E-state index in [9.17, 15) is 10.4 Å². The summed E-state index contributed by atoms with van der Waals surface area (Å²) in [5.41, 5.74) is 5.40. The lowest BCUT2D eigenvalue weighted by molar-refractivity contribution is 0.171. The van der Waals surface area contributed by atoms with Gasteiger partial charge in [0, 0.05) is 42.9 Å². The van der Waals surface area contributed by atoms with Crippen LogP contribution in [-0.4, -0.2) is 55.5 Å². The zero-order chi connectivity index (χ0) is 23.2. The van der Waals surface area contributed by atoms with Crippen molar-refractivity contribution in [1.29, 1.82) is 5.26 Å². The van der Waals surface area contributed by atoms with Gasteiger partial charge in [-0.05, 0) is 37.6 Å². The Labute approximate surface area is 193 Å². The van der Waals surface area contributed by atoms with Crippen LogP contribution < -0.4 is 10.6 Å². The number of fused-ring (bicyclic) bond motifs is 2. The van der Waals surface area contributed by atoms with Crippen molar-refractivity contribution in [2.24, 2.45) is 0 Å². The monoisotopic (exact) mass is 444 g/mol. The molecule has 9 nitrogen and oxygen atoms in total. The van der Waals surface area contributed by atoms with Crippen LogP contribution >= 0.6 is 0 Å². The molecule has 170 valence electrons. The summed E-state index contributed by atoms with van der Waals surface area (Å²) in [6.45, 7) is 9.66. The molecule has 0 spiro atoms. The Morgan fingerprint density at radius 3 is 2.94 bits per heavy atom. The summed E-state index contributed by atoms with van der Waals surface area (Å²) in [4.78, 5) is 11.6. The summed E-state index contributed by atoms with van der Waals surface area (Å²) in [6.07, 6.45) is 3.54. The standard InChI is InChI=1S/C24H28N8O/c1-15(2)31-6-7-32-21(12-31)20(11-28-32)30-23-26-5-4-19(29-23)16-8-17(10-25)22-18(9-16)24(3,14-33)13-27-22/h4-5,8-9,11,15,27,33H,6-7,12-14H2,1-3H3,(H,26,29,30)/t24-/m1/s1. The van der Waals surface area contributed by atoms with E-state index in [4.69, 9.17) is 4.98 Å². The zero-order valence-corrected chi connectivity index (χ0v) is 19.1. The van der Waals surface area contributed by atoms with Crippen LogP contribution in [0.5, 0.6) is 0 Å². The van der Waals surface area contributed by atoms with Crippen LogP contribution in [0.1, 0.15) is 37.6 Å². The highest BCUT2D eigenvalue weighted by Gasteiger charge is 2.36. The average molecular weight is 445 g/mol. The maximum absolute atomic E-state index is 9.96. The number of aliphatic hydroxyl groups is 1. The van der Waals surface area contributed by atoms with Gasteiger partial charge >= 0.3 is 0 Å². The summed E-state index contributed by atoms with van der Waals surface area (Å²) >= 11 is 0. The zero-order valence-electron chi connectivity index (χ0n) is 19.1. The molecule has 9 heteroatoms. The molecule has 0 fully saturated rings. The number of aliphatic hydroxyl groups excluding tert-OH is 1. The first-order valence-corrected chi connectivity index (χ1v) is 11.2. The molecule has 2 aliphatic heterocycles. The molecule has 0 amide bonds. The van der Waals surface area contributed by atoms with Crippen molar-refractivity contribution in [2.45, 2.75) is 45.3 Å². The first kappa shape index (κ1) is 21.4. The second-order valence-corrected chi connectivity index (χ2v) is 9.31. The Morgan fingerprint density at radius 1 is 1.33 bits per heavy atom. The predicted octanol–water partition coefficient (Wildman–Crippen LogP) is 2.85. The highest BCUT2D eigenvalue weighted by atomic mass is 16.3. The van der Waals surface area contributed by atoms with E-state index in [2.05, 4.69) is 45.5 Å². The largest absolute Gasteiger partial charge is 0.395 e. The van der Waals surface area contributed by atoms with Crippen molar-refractivity contribution in [3.63, 3.8) is 0 Å². The van der Waals surface area contributed by atoms with Crippen LogP contribution in [-0.2, 0) is 18.5 Å². The molecule has 0 radical (unpaired) electrons. The van der Waals surface area contributed by atoms with Gasteiger partial charge in [0.1, 0.15) is 6.07 Å². The van der Waals surface area contributed by atoms with Crippen LogP contribution in [0.15, 0.2) is 30.6 Å². The Hall–Kier alpha value is -3.48. The van der Waals surface area contributed by atoms with E-state index in [1.807, 2.05) is 36.0 Å². The Bertz CT molecular complexity index is 1240. The van der Waals surface area contributed by atoms with Crippen molar-refractivity contribution in [3.05, 3.63) is 47.4 Å². The summed E-state index contributed by atoms with van der Waals surface area (Å²) in [5, 5.41) is 30.8. The van der Waals surface area contributed by atoms with E-state index in [0.29, 0.717) is 29.8 Å². The predicted molar refractivity (Wildman–Crippen MR) is 126 cm³/mol. The molecule has 2 aromatic heterocycles. The van der Waals surface area contributed by atoms with Crippen molar-refractivity contribution in [1.82, 2.24) is 24.6 Å². The molecule has 0 unspecified atom stereocenters. The van der Waals surface area contributed by atoms with Crippen molar-refractivity contribution in [3.8, 4) is 17.3 Å². The second-order valence-electron chi connectivity index (χ2n) is 9.31. The highest BCUT2D eigenvalue weighted by molar-refractivity contribution is 5.76. The minimum absolute atomic E-state index is 0.00192. The Kier molecular flexibility index (Phi) is 5.27. The molecule has 1 atom stereocenters. The van der Waals surface area contributed by atoms with Gasteiger partial charge in [0.05, 0.1) is 47.7 Å². The first-order chi connectivity index (χ1) is 15.9. The molecule has 4 heterocycles. The number of rotatable bonds is 5. The summed E-state index contributed by atoms with van der Waals surface area (Å²) < 4.78 is 2.04. The number of nitrogens with zero attached hydrogens (tertiary/aromatic N) is 6. The molecule has 0 saturated heterocycles. The average Bonchev–Trinajstić information content (AvgIpc) is 3.39. The number of nitriles is 1. The van der Waals surface area contributed by atoms with E-state index in [-0.39, 0.29) is 6.61 Å². The fraction of sp³-hybridized carbons (Fsp3) is 0.417. The lowest BCUT2D eigenvalue weighted by atomic mass is 9.83. The van der Waals surface area contributed by atoms with Gasteiger partial charge in [0.2, 0.25) is 5.95 Å². The lowest BCUT2D eigenvalue weighted by Gasteiger charge is -2.31. The van der Waals surface area contributed by atoms with Crippen LogP contribution in [0.4, 0.5) is 17.3 Å². The SMILES string of the molecule is CC(C)N1CCn2ncc(Nc3nccc(-c4cc(C#N)c5c(c4)[C@@](C)(CO)CN5)n3)c2C1. The van der Waals surface area contributed by atoms with Gasteiger partial charge in [-0.1, -0.05) is 6.92 Å². The highest BCUT2D eigenvalue weighted by Crippen LogP contribution is 2.41. The van der Waals surface area contributed by atoms with Gasteiger partial charge in [-0.2, -0.15) is 10.4 Å². The molecule has 5 rings (SSSR count). The number of anilines is 3. The fourth-order valence-corrected chi connectivity index (χ4v) is 4.57. The Balaban J connectivity index is 1.47. The number of hydrogen-bond donors (Lipinski definition) is 3. The van der Waals surface area contributed by atoms with Crippen molar-refractivity contribution >= 4 is 17.3 Å². The van der Waals surface area contributed by atoms with Gasteiger partial charge in [-0.3, -0.25) is 9.58 Å². The van der Waals surface area contributed by atoms with Gasteiger partial charge in [-0.15, -0.1) is 0 Å².